The summed E-state index contributed by atoms with van der Waals surface area (Å²) in [6.45, 7) is 7.70. The average molecular weight is 299 g/mol. The summed E-state index contributed by atoms with van der Waals surface area (Å²) < 4.78 is 1.74. The molecule has 0 spiro atoms. The standard InChI is InChI=1S/C14H15N5O.C2H6/c1-14(5-6-17-8-14)19-11(7-15)9-3-2-4-10(13(16)20)12(9)18-19;1-2/h2-4,17H,5-6,8H2,1H3,(H2,16,20);1-2H3. The van der Waals surface area contributed by atoms with Gasteiger partial charge in [-0.2, -0.15) is 10.4 Å². The van der Waals surface area contributed by atoms with E-state index in [1.165, 1.54) is 0 Å². The molecular formula is C16H21N5O. The maximum Gasteiger partial charge on any atom is 0.250 e. The Hall–Kier alpha value is -2.39. The van der Waals surface area contributed by atoms with Gasteiger partial charge in [0.2, 0.25) is 0 Å². The summed E-state index contributed by atoms with van der Waals surface area (Å²) in [6, 6.07) is 7.37. The third-order valence-electron chi connectivity index (χ3n) is 3.93. The van der Waals surface area contributed by atoms with Gasteiger partial charge in [0.1, 0.15) is 17.3 Å². The lowest BCUT2D eigenvalue weighted by Crippen LogP contribution is -2.34. The van der Waals surface area contributed by atoms with Crippen molar-refractivity contribution in [1.29, 1.82) is 5.26 Å². The van der Waals surface area contributed by atoms with E-state index in [1.807, 2.05) is 13.8 Å². The van der Waals surface area contributed by atoms with E-state index in [0.717, 1.165) is 19.5 Å². The van der Waals surface area contributed by atoms with Gasteiger partial charge in [-0.25, -0.2) is 4.68 Å². The predicted molar refractivity (Wildman–Crippen MR) is 85.4 cm³/mol. The fraction of sp³-hybridized carbons (Fsp3) is 0.438. The Morgan fingerprint density at radius 2 is 2.23 bits per heavy atom. The lowest BCUT2D eigenvalue weighted by molar-refractivity contribution is 0.100. The van der Waals surface area contributed by atoms with Gasteiger partial charge in [0.25, 0.3) is 5.91 Å². The van der Waals surface area contributed by atoms with Gasteiger partial charge in [-0.05, 0) is 32.0 Å². The van der Waals surface area contributed by atoms with E-state index in [0.29, 0.717) is 22.2 Å². The molecule has 1 unspecified atom stereocenters. The van der Waals surface area contributed by atoms with Gasteiger partial charge in [0, 0.05) is 11.9 Å². The largest absolute Gasteiger partial charge is 0.366 e. The molecule has 0 bridgehead atoms. The molecule has 22 heavy (non-hydrogen) atoms. The highest BCUT2D eigenvalue weighted by atomic mass is 16.1. The number of fused-ring (bicyclic) bond motifs is 1. The lowest BCUT2D eigenvalue weighted by atomic mass is 10.0. The van der Waals surface area contributed by atoms with Gasteiger partial charge < -0.3 is 11.1 Å². The number of nitriles is 1. The lowest BCUT2D eigenvalue weighted by Gasteiger charge is -2.24. The number of hydrogen-bond donors (Lipinski definition) is 2. The molecule has 3 rings (SSSR count). The Morgan fingerprint density at radius 3 is 2.77 bits per heavy atom. The topological polar surface area (TPSA) is 96.7 Å². The molecule has 2 aromatic rings. The number of carbonyl (C=O) groups is 1. The first-order valence-electron chi connectivity index (χ1n) is 7.50. The Labute approximate surface area is 129 Å². The number of hydrogen-bond acceptors (Lipinski definition) is 4. The van der Waals surface area contributed by atoms with Gasteiger partial charge in [-0.3, -0.25) is 4.79 Å². The normalized spacial score (nSPS) is 20.3. The second-order valence-electron chi connectivity index (χ2n) is 5.36. The van der Waals surface area contributed by atoms with Crippen molar-refractivity contribution in [2.75, 3.05) is 13.1 Å². The summed E-state index contributed by atoms with van der Waals surface area (Å²) in [5, 5.41) is 17.9. The average Bonchev–Trinajstić information content (AvgIpc) is 3.13. The molecule has 1 saturated heterocycles. The second kappa shape index (κ2) is 6.16. The summed E-state index contributed by atoms with van der Waals surface area (Å²) in [6.07, 6.45) is 0.890. The highest BCUT2D eigenvalue weighted by molar-refractivity contribution is 6.05. The number of benzene rings is 1. The van der Waals surface area contributed by atoms with Crippen LogP contribution in [0.3, 0.4) is 0 Å². The van der Waals surface area contributed by atoms with Crippen LogP contribution in [0.25, 0.3) is 10.9 Å². The van der Waals surface area contributed by atoms with Gasteiger partial charge in [-0.15, -0.1) is 0 Å². The maximum atomic E-state index is 11.5. The van der Waals surface area contributed by atoms with Crippen LogP contribution in [0.2, 0.25) is 0 Å². The molecule has 1 fully saturated rings. The molecular weight excluding hydrogens is 278 g/mol. The zero-order valence-electron chi connectivity index (χ0n) is 13.2. The SMILES string of the molecule is CC.CC1(n2nc3c(C(N)=O)cccc3c2C#N)CCNC1. The fourth-order valence-corrected chi connectivity index (χ4v) is 2.79. The molecule has 6 nitrogen and oxygen atoms in total. The fourth-order valence-electron chi connectivity index (χ4n) is 2.79. The molecule has 1 aliphatic heterocycles. The van der Waals surface area contributed by atoms with E-state index < -0.39 is 5.91 Å². The van der Waals surface area contributed by atoms with Gasteiger partial charge in [0.05, 0.1) is 11.1 Å². The summed E-state index contributed by atoms with van der Waals surface area (Å²) in [4.78, 5) is 11.5. The molecule has 3 N–H and O–H groups in total. The first kappa shape index (κ1) is 16.0. The molecule has 116 valence electrons. The number of aromatic nitrogens is 2. The number of carbonyl (C=O) groups excluding carboxylic acids is 1. The number of nitrogens with one attached hydrogen (secondary N) is 1. The molecule has 2 heterocycles. The molecule has 6 heteroatoms. The van der Waals surface area contributed by atoms with Crippen LogP contribution in [0.4, 0.5) is 0 Å². The summed E-state index contributed by atoms with van der Waals surface area (Å²) in [5.41, 5.74) is 6.47. The van der Waals surface area contributed by atoms with Crippen LogP contribution >= 0.6 is 0 Å². The predicted octanol–water partition coefficient (Wildman–Crippen LogP) is 1.74. The van der Waals surface area contributed by atoms with Crippen LogP contribution in [0, 0.1) is 11.3 Å². The quantitative estimate of drug-likeness (QED) is 0.882. The highest BCUT2D eigenvalue weighted by Gasteiger charge is 2.34. The first-order valence-corrected chi connectivity index (χ1v) is 7.50. The van der Waals surface area contributed by atoms with Crippen LogP contribution < -0.4 is 11.1 Å². The minimum atomic E-state index is -0.528. The minimum absolute atomic E-state index is 0.251. The van der Waals surface area contributed by atoms with Gasteiger partial charge in [0.15, 0.2) is 0 Å². The number of nitrogens with zero attached hydrogens (tertiary/aromatic N) is 3. The van der Waals surface area contributed by atoms with Gasteiger partial charge in [-0.1, -0.05) is 19.9 Å². The molecule has 0 saturated carbocycles. The monoisotopic (exact) mass is 299 g/mol. The number of primary amides is 1. The van der Waals surface area contributed by atoms with Crippen LogP contribution in [0.5, 0.6) is 0 Å². The van der Waals surface area contributed by atoms with E-state index in [1.54, 1.807) is 22.9 Å². The highest BCUT2D eigenvalue weighted by Crippen LogP contribution is 2.30. The van der Waals surface area contributed by atoms with Crippen LogP contribution in [0.15, 0.2) is 18.2 Å². The Balaban J connectivity index is 0.000000847. The van der Waals surface area contributed by atoms with Crippen LogP contribution in [0.1, 0.15) is 43.2 Å². The maximum absolute atomic E-state index is 11.5. The Bertz CT molecular complexity index is 735. The summed E-state index contributed by atoms with van der Waals surface area (Å²) in [7, 11) is 0. The molecule has 1 aromatic heterocycles. The Kier molecular flexibility index (Phi) is 4.48. The van der Waals surface area contributed by atoms with Gasteiger partial charge >= 0.3 is 0 Å². The number of amides is 1. The number of nitrogens with two attached hydrogens (primary N) is 1. The minimum Gasteiger partial charge on any atom is -0.366 e. The Morgan fingerprint density at radius 1 is 1.50 bits per heavy atom. The third kappa shape index (κ3) is 2.44. The summed E-state index contributed by atoms with van der Waals surface area (Å²) in [5.74, 6) is -0.528. The molecule has 1 aliphatic rings. The van der Waals surface area contributed by atoms with Crippen molar-refractivity contribution in [3.8, 4) is 6.07 Å². The number of rotatable bonds is 2. The van der Waals surface area contributed by atoms with Crippen molar-refractivity contribution in [2.45, 2.75) is 32.7 Å². The second-order valence-corrected chi connectivity index (χ2v) is 5.36. The molecule has 1 atom stereocenters. The van der Waals surface area contributed by atoms with Crippen LogP contribution in [-0.4, -0.2) is 28.8 Å². The van der Waals surface area contributed by atoms with Crippen molar-refractivity contribution in [3.05, 3.63) is 29.5 Å². The van der Waals surface area contributed by atoms with E-state index in [-0.39, 0.29) is 5.54 Å². The summed E-state index contributed by atoms with van der Waals surface area (Å²) >= 11 is 0. The molecule has 0 radical (unpaired) electrons. The van der Waals surface area contributed by atoms with E-state index in [4.69, 9.17) is 5.73 Å². The molecule has 1 aromatic carbocycles. The zero-order valence-corrected chi connectivity index (χ0v) is 13.2. The first-order chi connectivity index (χ1) is 10.6. The molecule has 1 amide bonds. The zero-order chi connectivity index (χ0) is 16.3. The van der Waals surface area contributed by atoms with Crippen molar-refractivity contribution in [2.24, 2.45) is 5.73 Å². The van der Waals surface area contributed by atoms with Crippen molar-refractivity contribution < 1.29 is 4.79 Å². The van der Waals surface area contributed by atoms with Crippen molar-refractivity contribution in [1.82, 2.24) is 15.1 Å². The smallest absolute Gasteiger partial charge is 0.250 e. The van der Waals surface area contributed by atoms with E-state index >= 15 is 0 Å². The van der Waals surface area contributed by atoms with Crippen molar-refractivity contribution in [3.63, 3.8) is 0 Å². The van der Waals surface area contributed by atoms with Crippen LogP contribution in [-0.2, 0) is 5.54 Å². The van der Waals surface area contributed by atoms with E-state index in [2.05, 4.69) is 23.4 Å². The third-order valence-corrected chi connectivity index (χ3v) is 3.93. The molecule has 0 aliphatic carbocycles. The van der Waals surface area contributed by atoms with E-state index in [9.17, 15) is 10.1 Å². The van der Waals surface area contributed by atoms with Crippen molar-refractivity contribution >= 4 is 16.8 Å².